The number of carboxylic acids is 1. The van der Waals surface area contributed by atoms with Gasteiger partial charge in [0.25, 0.3) is 15.8 Å². The number of benzene rings is 2. The van der Waals surface area contributed by atoms with Gasteiger partial charge in [-0.3, -0.25) is 14.7 Å². The zero-order valence-corrected chi connectivity index (χ0v) is 15.9. The Balaban J connectivity index is 0.00000338. The van der Waals surface area contributed by atoms with Crippen LogP contribution in [0.2, 0.25) is 0 Å². The molecule has 131 valence electrons. The standard InChI is InChI=1S/C13H9N3O8S.Na/c17-11-4-1-7(5-9(11)13(18)19)14-15-10-3-2-8(16(20)21)6-12(10)25(22,23)24;/h1-6,17H,(H,18,19)(H,22,23,24);. The van der Waals surface area contributed by atoms with Gasteiger partial charge in [-0.1, -0.05) is 0 Å². The molecular weight excluding hydrogens is 381 g/mol. The van der Waals surface area contributed by atoms with Crippen molar-refractivity contribution in [2.45, 2.75) is 4.90 Å². The van der Waals surface area contributed by atoms with Gasteiger partial charge in [0.15, 0.2) is 0 Å². The molecule has 3 N–H and O–H groups in total. The third-order valence-electron chi connectivity index (χ3n) is 2.92. The van der Waals surface area contributed by atoms with Crippen LogP contribution in [0.15, 0.2) is 51.5 Å². The number of aromatic carboxylic acids is 1. The molecule has 0 amide bonds. The predicted octanol–water partition coefficient (Wildman–Crippen LogP) is 2.28. The molecule has 0 atom stereocenters. The van der Waals surface area contributed by atoms with Gasteiger partial charge in [-0.2, -0.15) is 13.5 Å². The normalized spacial score (nSPS) is 11.1. The molecule has 13 heteroatoms. The number of aromatic hydroxyl groups is 1. The number of azo groups is 1. The van der Waals surface area contributed by atoms with E-state index < -0.39 is 48.6 Å². The first kappa shape index (κ1) is 21.7. The molecule has 1 radical (unpaired) electrons. The van der Waals surface area contributed by atoms with Crippen LogP contribution < -0.4 is 0 Å². The number of phenols is 1. The first-order valence-electron chi connectivity index (χ1n) is 6.33. The zero-order valence-electron chi connectivity index (χ0n) is 13.1. The molecule has 2 aromatic carbocycles. The van der Waals surface area contributed by atoms with Gasteiger partial charge in [0.2, 0.25) is 0 Å². The summed E-state index contributed by atoms with van der Waals surface area (Å²) in [6, 6.07) is 5.79. The minimum absolute atomic E-state index is 0. The Morgan fingerprint density at radius 1 is 1.12 bits per heavy atom. The summed E-state index contributed by atoms with van der Waals surface area (Å²) in [4.78, 5) is 19.9. The van der Waals surface area contributed by atoms with E-state index in [9.17, 15) is 28.4 Å². The van der Waals surface area contributed by atoms with Crippen LogP contribution in [0.4, 0.5) is 17.1 Å². The molecule has 0 saturated carbocycles. The van der Waals surface area contributed by atoms with Crippen molar-refractivity contribution in [1.29, 1.82) is 0 Å². The van der Waals surface area contributed by atoms with E-state index in [1.165, 1.54) is 6.07 Å². The molecule has 0 aliphatic rings. The van der Waals surface area contributed by atoms with E-state index in [4.69, 9.17) is 9.66 Å². The van der Waals surface area contributed by atoms with E-state index in [0.29, 0.717) is 6.07 Å². The van der Waals surface area contributed by atoms with Gasteiger partial charge in [-0.05, 0) is 24.3 Å². The van der Waals surface area contributed by atoms with E-state index in [0.717, 1.165) is 24.3 Å². The summed E-state index contributed by atoms with van der Waals surface area (Å²) in [5.41, 5.74) is -1.45. The molecule has 0 aromatic heterocycles. The zero-order chi connectivity index (χ0) is 18.8. The van der Waals surface area contributed by atoms with Gasteiger partial charge >= 0.3 is 5.97 Å². The number of nitrogens with zero attached hydrogens (tertiary/aromatic N) is 3. The maximum absolute atomic E-state index is 11.3. The van der Waals surface area contributed by atoms with E-state index in [1.54, 1.807) is 0 Å². The summed E-state index contributed by atoms with van der Waals surface area (Å²) < 4.78 is 31.9. The summed E-state index contributed by atoms with van der Waals surface area (Å²) in [5.74, 6) is -1.91. The summed E-state index contributed by atoms with van der Waals surface area (Å²) in [6.45, 7) is 0. The smallest absolute Gasteiger partial charge is 0.339 e. The number of non-ortho nitro benzene ring substituents is 1. The fourth-order valence-electron chi connectivity index (χ4n) is 1.77. The number of rotatable bonds is 5. The minimum Gasteiger partial charge on any atom is -0.507 e. The molecule has 2 rings (SSSR count). The topological polar surface area (TPSA) is 180 Å². The summed E-state index contributed by atoms with van der Waals surface area (Å²) in [5, 5.41) is 36.2. The van der Waals surface area contributed by atoms with Crippen LogP contribution >= 0.6 is 0 Å². The van der Waals surface area contributed by atoms with E-state index in [-0.39, 0.29) is 35.2 Å². The number of nitro groups is 1. The van der Waals surface area contributed by atoms with Crippen LogP contribution in [-0.4, -0.2) is 63.6 Å². The molecule has 0 aliphatic carbocycles. The number of hydrogen-bond acceptors (Lipinski definition) is 8. The van der Waals surface area contributed by atoms with Gasteiger partial charge in [-0.25, -0.2) is 4.79 Å². The van der Waals surface area contributed by atoms with Crippen molar-refractivity contribution in [2.75, 3.05) is 0 Å². The Morgan fingerprint density at radius 3 is 2.31 bits per heavy atom. The first-order valence-corrected chi connectivity index (χ1v) is 7.77. The Labute approximate surface area is 168 Å². The Kier molecular flexibility index (Phi) is 6.94. The average Bonchev–Trinajstić information content (AvgIpc) is 2.52. The summed E-state index contributed by atoms with van der Waals surface area (Å²) in [6.07, 6.45) is 0. The van der Waals surface area contributed by atoms with Crippen LogP contribution in [0.3, 0.4) is 0 Å². The molecule has 0 saturated heterocycles. The van der Waals surface area contributed by atoms with Crippen LogP contribution in [0.5, 0.6) is 5.75 Å². The largest absolute Gasteiger partial charge is 0.507 e. The van der Waals surface area contributed by atoms with Gasteiger partial charge in [0, 0.05) is 41.7 Å². The summed E-state index contributed by atoms with van der Waals surface area (Å²) in [7, 11) is -4.81. The van der Waals surface area contributed by atoms with Gasteiger partial charge in [-0.15, -0.1) is 5.11 Å². The quantitative estimate of drug-likeness (QED) is 0.228. The molecular formula is C13H9N3NaO8S. The van der Waals surface area contributed by atoms with Crippen LogP contribution in [0.1, 0.15) is 10.4 Å². The van der Waals surface area contributed by atoms with Crippen molar-refractivity contribution in [1.82, 2.24) is 0 Å². The van der Waals surface area contributed by atoms with E-state index in [1.807, 2.05) is 0 Å². The molecule has 26 heavy (non-hydrogen) atoms. The van der Waals surface area contributed by atoms with Crippen molar-refractivity contribution >= 4 is 62.7 Å². The molecule has 2 aromatic rings. The molecule has 0 bridgehead atoms. The van der Waals surface area contributed by atoms with E-state index >= 15 is 0 Å². The number of carbonyl (C=O) groups is 1. The van der Waals surface area contributed by atoms with Crippen LogP contribution in [0.25, 0.3) is 0 Å². The Hall–Kier alpha value is -2.38. The van der Waals surface area contributed by atoms with E-state index in [2.05, 4.69) is 10.2 Å². The second-order valence-corrected chi connectivity index (χ2v) is 5.98. The third-order valence-corrected chi connectivity index (χ3v) is 3.80. The molecule has 0 heterocycles. The third kappa shape index (κ3) is 5.06. The monoisotopic (exact) mass is 390 g/mol. The van der Waals surface area contributed by atoms with Crippen molar-refractivity contribution in [3.8, 4) is 5.75 Å². The molecule has 11 nitrogen and oxygen atoms in total. The van der Waals surface area contributed by atoms with Gasteiger partial charge in [0.05, 0.1) is 10.6 Å². The van der Waals surface area contributed by atoms with Gasteiger partial charge < -0.3 is 10.2 Å². The number of nitro benzene ring substituents is 1. The second-order valence-electron chi connectivity index (χ2n) is 4.59. The van der Waals surface area contributed by atoms with Crippen molar-refractivity contribution in [3.05, 3.63) is 52.1 Å². The Morgan fingerprint density at radius 2 is 1.77 bits per heavy atom. The predicted molar refractivity (Wildman–Crippen MR) is 87.9 cm³/mol. The van der Waals surface area contributed by atoms with Crippen molar-refractivity contribution in [2.24, 2.45) is 10.2 Å². The molecule has 0 fully saturated rings. The maximum Gasteiger partial charge on any atom is 0.339 e. The number of hydrogen-bond donors (Lipinski definition) is 3. The van der Waals surface area contributed by atoms with Crippen LogP contribution in [-0.2, 0) is 10.1 Å². The van der Waals surface area contributed by atoms with Crippen LogP contribution in [0, 0.1) is 10.1 Å². The molecule has 0 spiro atoms. The number of carboxylic acid groups (broad SMARTS) is 1. The summed E-state index contributed by atoms with van der Waals surface area (Å²) >= 11 is 0. The maximum atomic E-state index is 11.3. The SMILES string of the molecule is O=C(O)c1cc(N=Nc2ccc([N+](=O)[O-])cc2S(=O)(=O)O)ccc1O.[Na]. The second kappa shape index (κ2) is 8.33. The average molecular weight is 390 g/mol. The van der Waals surface area contributed by atoms with Crippen molar-refractivity contribution in [3.63, 3.8) is 0 Å². The molecule has 0 aliphatic heterocycles. The molecule has 0 unspecified atom stereocenters. The van der Waals surface area contributed by atoms with Crippen molar-refractivity contribution < 1.29 is 32.9 Å². The van der Waals surface area contributed by atoms with Gasteiger partial charge in [0.1, 0.15) is 21.9 Å². The Bertz CT molecular complexity index is 1010. The minimum atomic E-state index is -4.81. The first-order chi connectivity index (χ1) is 11.6. The fraction of sp³-hybridized carbons (Fsp3) is 0. The fourth-order valence-corrected chi connectivity index (χ4v) is 2.42.